The van der Waals surface area contributed by atoms with Gasteiger partial charge in [-0.25, -0.2) is 0 Å². The first-order chi connectivity index (χ1) is 7.74. The minimum Gasteiger partial charge on any atom is -0.435 e. The van der Waals surface area contributed by atoms with Crippen LogP contribution in [0, 0.1) is 0 Å². The summed E-state index contributed by atoms with van der Waals surface area (Å²) < 4.78 is 28.1. The van der Waals surface area contributed by atoms with E-state index in [1.54, 1.807) is 12.1 Å². The number of nitrogens with one attached hydrogen (secondary N) is 2. The predicted molar refractivity (Wildman–Crippen MR) is 58.0 cm³/mol. The average Bonchev–Trinajstić information content (AvgIpc) is 2.73. The van der Waals surface area contributed by atoms with Crippen LogP contribution >= 0.6 is 0 Å². The van der Waals surface area contributed by atoms with E-state index >= 15 is 0 Å². The highest BCUT2D eigenvalue weighted by Gasteiger charge is 2.13. The van der Waals surface area contributed by atoms with Gasteiger partial charge in [0.25, 0.3) is 0 Å². The number of anilines is 1. The smallest absolute Gasteiger partial charge is 0.387 e. The number of rotatable bonds is 4. The molecular weight excluding hydrogens is 214 g/mol. The maximum Gasteiger partial charge on any atom is 0.387 e. The Morgan fingerprint density at radius 2 is 2.06 bits per heavy atom. The van der Waals surface area contributed by atoms with E-state index in [0.29, 0.717) is 6.04 Å². The van der Waals surface area contributed by atoms with Gasteiger partial charge in [-0.2, -0.15) is 8.78 Å². The molecule has 1 aliphatic heterocycles. The first kappa shape index (κ1) is 11.1. The summed E-state index contributed by atoms with van der Waals surface area (Å²) >= 11 is 0. The summed E-state index contributed by atoms with van der Waals surface area (Å²) in [5.41, 5.74) is 0.926. The maximum absolute atomic E-state index is 11.9. The van der Waals surface area contributed by atoms with Gasteiger partial charge in [-0.1, -0.05) is 0 Å². The van der Waals surface area contributed by atoms with E-state index in [2.05, 4.69) is 15.4 Å². The van der Waals surface area contributed by atoms with Gasteiger partial charge >= 0.3 is 6.61 Å². The molecule has 1 saturated heterocycles. The number of ether oxygens (including phenoxy) is 1. The van der Waals surface area contributed by atoms with Gasteiger partial charge in [0.15, 0.2) is 0 Å². The SMILES string of the molecule is FC(F)Oc1ccc(NC2CCNC2)cc1. The molecule has 0 saturated carbocycles. The molecule has 0 amide bonds. The van der Waals surface area contributed by atoms with Gasteiger partial charge in [-0.3, -0.25) is 0 Å². The van der Waals surface area contributed by atoms with Crippen molar-refractivity contribution in [1.82, 2.24) is 5.32 Å². The fourth-order valence-electron chi connectivity index (χ4n) is 1.75. The van der Waals surface area contributed by atoms with E-state index in [1.807, 2.05) is 0 Å². The van der Waals surface area contributed by atoms with E-state index < -0.39 is 6.61 Å². The zero-order valence-electron chi connectivity index (χ0n) is 8.75. The van der Waals surface area contributed by atoms with Crippen LogP contribution in [0.3, 0.4) is 0 Å². The van der Waals surface area contributed by atoms with Gasteiger partial charge in [-0.15, -0.1) is 0 Å². The van der Waals surface area contributed by atoms with Crippen LogP contribution in [0.4, 0.5) is 14.5 Å². The Hall–Kier alpha value is -1.36. The zero-order valence-corrected chi connectivity index (χ0v) is 8.75. The van der Waals surface area contributed by atoms with Gasteiger partial charge in [0, 0.05) is 18.3 Å². The topological polar surface area (TPSA) is 33.3 Å². The third-order valence-corrected chi connectivity index (χ3v) is 2.51. The van der Waals surface area contributed by atoms with Crippen LogP contribution < -0.4 is 15.4 Å². The summed E-state index contributed by atoms with van der Waals surface area (Å²) in [6, 6.07) is 6.99. The highest BCUT2D eigenvalue weighted by atomic mass is 19.3. The Morgan fingerprint density at radius 1 is 1.31 bits per heavy atom. The number of hydrogen-bond acceptors (Lipinski definition) is 3. The minimum absolute atomic E-state index is 0.185. The fraction of sp³-hybridized carbons (Fsp3) is 0.455. The van der Waals surface area contributed by atoms with Crippen LogP contribution in [0.15, 0.2) is 24.3 Å². The molecule has 1 aromatic rings. The van der Waals surface area contributed by atoms with Gasteiger partial charge in [0.1, 0.15) is 5.75 Å². The van der Waals surface area contributed by atoms with Crippen LogP contribution in [0.25, 0.3) is 0 Å². The van der Waals surface area contributed by atoms with Crippen molar-refractivity contribution >= 4 is 5.69 Å². The lowest BCUT2D eigenvalue weighted by Gasteiger charge is -2.13. The van der Waals surface area contributed by atoms with Gasteiger partial charge in [0.05, 0.1) is 0 Å². The van der Waals surface area contributed by atoms with Crippen molar-refractivity contribution in [3.05, 3.63) is 24.3 Å². The van der Waals surface area contributed by atoms with Crippen LogP contribution in [-0.2, 0) is 0 Å². The second-order valence-corrected chi connectivity index (χ2v) is 3.74. The molecule has 2 rings (SSSR count). The molecule has 3 nitrogen and oxygen atoms in total. The summed E-state index contributed by atoms with van der Waals surface area (Å²) in [7, 11) is 0. The minimum atomic E-state index is -2.77. The molecule has 1 atom stereocenters. The Kier molecular flexibility index (Phi) is 3.56. The third kappa shape index (κ3) is 3.06. The second-order valence-electron chi connectivity index (χ2n) is 3.74. The summed E-state index contributed by atoms with van der Waals surface area (Å²) in [6.07, 6.45) is 1.08. The standard InChI is InChI=1S/C11H14F2N2O/c12-11(13)16-10-3-1-8(2-4-10)15-9-5-6-14-7-9/h1-4,9,11,14-15H,5-7H2. The largest absolute Gasteiger partial charge is 0.435 e. The molecule has 16 heavy (non-hydrogen) atoms. The molecule has 1 aromatic carbocycles. The molecule has 0 radical (unpaired) electrons. The zero-order chi connectivity index (χ0) is 11.4. The molecule has 1 aliphatic rings. The molecule has 0 aliphatic carbocycles. The monoisotopic (exact) mass is 228 g/mol. The molecule has 1 heterocycles. The summed E-state index contributed by atoms with van der Waals surface area (Å²) in [5, 5.41) is 6.56. The van der Waals surface area contributed by atoms with Crippen LogP contribution in [0.2, 0.25) is 0 Å². The first-order valence-corrected chi connectivity index (χ1v) is 5.26. The lowest BCUT2D eigenvalue weighted by atomic mass is 10.2. The van der Waals surface area contributed by atoms with Crippen molar-refractivity contribution in [3.8, 4) is 5.75 Å². The van der Waals surface area contributed by atoms with Gasteiger partial charge in [-0.05, 0) is 37.2 Å². The molecule has 2 N–H and O–H groups in total. The highest BCUT2D eigenvalue weighted by molar-refractivity contribution is 5.47. The number of hydrogen-bond donors (Lipinski definition) is 2. The number of alkyl halides is 2. The lowest BCUT2D eigenvalue weighted by Crippen LogP contribution is -2.21. The van der Waals surface area contributed by atoms with Crippen LogP contribution in [-0.4, -0.2) is 25.7 Å². The quantitative estimate of drug-likeness (QED) is 0.827. The Labute approximate surface area is 92.8 Å². The number of halogens is 2. The van der Waals surface area contributed by atoms with E-state index in [1.165, 1.54) is 12.1 Å². The Bertz CT molecular complexity index is 323. The molecule has 0 aromatic heterocycles. The van der Waals surface area contributed by atoms with Crippen molar-refractivity contribution in [2.24, 2.45) is 0 Å². The Balaban J connectivity index is 1.90. The van der Waals surface area contributed by atoms with E-state index in [4.69, 9.17) is 0 Å². The molecule has 1 fully saturated rings. The average molecular weight is 228 g/mol. The van der Waals surface area contributed by atoms with Crippen molar-refractivity contribution < 1.29 is 13.5 Å². The molecule has 0 bridgehead atoms. The normalized spacial score (nSPS) is 20.1. The van der Waals surface area contributed by atoms with E-state index in [0.717, 1.165) is 25.2 Å². The summed E-state index contributed by atoms with van der Waals surface area (Å²) in [6.45, 7) is -0.808. The molecule has 1 unspecified atom stereocenters. The first-order valence-electron chi connectivity index (χ1n) is 5.26. The van der Waals surface area contributed by atoms with Crippen LogP contribution in [0.1, 0.15) is 6.42 Å². The number of benzene rings is 1. The van der Waals surface area contributed by atoms with E-state index in [-0.39, 0.29) is 5.75 Å². The van der Waals surface area contributed by atoms with Crippen molar-refractivity contribution in [2.45, 2.75) is 19.1 Å². The van der Waals surface area contributed by atoms with Gasteiger partial charge in [0.2, 0.25) is 0 Å². The van der Waals surface area contributed by atoms with Gasteiger partial charge < -0.3 is 15.4 Å². The van der Waals surface area contributed by atoms with E-state index in [9.17, 15) is 8.78 Å². The molecule has 0 spiro atoms. The van der Waals surface area contributed by atoms with Crippen molar-refractivity contribution in [3.63, 3.8) is 0 Å². The second kappa shape index (κ2) is 5.12. The highest BCUT2D eigenvalue weighted by Crippen LogP contribution is 2.19. The van der Waals surface area contributed by atoms with Crippen molar-refractivity contribution in [2.75, 3.05) is 18.4 Å². The predicted octanol–water partition coefficient (Wildman–Crippen LogP) is 2.06. The van der Waals surface area contributed by atoms with Crippen LogP contribution in [0.5, 0.6) is 5.75 Å². The van der Waals surface area contributed by atoms with Crippen molar-refractivity contribution in [1.29, 1.82) is 0 Å². The summed E-state index contributed by atoms with van der Waals surface area (Å²) in [4.78, 5) is 0. The lowest BCUT2D eigenvalue weighted by molar-refractivity contribution is -0.0498. The molecule has 5 heteroatoms. The fourth-order valence-corrected chi connectivity index (χ4v) is 1.75. The Morgan fingerprint density at radius 3 is 2.62 bits per heavy atom. The maximum atomic E-state index is 11.9. The molecule has 88 valence electrons. The third-order valence-electron chi connectivity index (χ3n) is 2.51. The molecular formula is C11H14F2N2O. The summed E-state index contributed by atoms with van der Waals surface area (Å²) in [5.74, 6) is 0.185.